The van der Waals surface area contributed by atoms with E-state index in [0.717, 1.165) is 22.3 Å². The van der Waals surface area contributed by atoms with E-state index in [1.807, 2.05) is 31.3 Å². The molecule has 21 heavy (non-hydrogen) atoms. The summed E-state index contributed by atoms with van der Waals surface area (Å²) in [6.07, 6.45) is -0.179. The summed E-state index contributed by atoms with van der Waals surface area (Å²) in [6, 6.07) is 14.4. The lowest BCUT2D eigenvalue weighted by molar-refractivity contribution is 0.128. The van der Waals surface area contributed by atoms with Gasteiger partial charge >= 0.3 is 7.12 Å². The first kappa shape index (κ1) is 12.9. The highest BCUT2D eigenvalue weighted by molar-refractivity contribution is 6.64. The van der Waals surface area contributed by atoms with Gasteiger partial charge in [-0.1, -0.05) is 36.4 Å². The Hall–Kier alpha value is -1.82. The van der Waals surface area contributed by atoms with Gasteiger partial charge in [0.25, 0.3) is 0 Å². The van der Waals surface area contributed by atoms with E-state index in [0.29, 0.717) is 13.2 Å². The van der Waals surface area contributed by atoms with Crippen LogP contribution in [-0.4, -0.2) is 27.4 Å². The van der Waals surface area contributed by atoms with Gasteiger partial charge in [0.1, 0.15) is 18.6 Å². The van der Waals surface area contributed by atoms with Crippen molar-refractivity contribution in [3.05, 3.63) is 48.0 Å². The first-order chi connectivity index (χ1) is 10.4. The third-order valence-electron chi connectivity index (χ3n) is 3.96. The first-order valence-corrected chi connectivity index (χ1v) is 7.18. The molecule has 4 rings (SSSR count). The van der Waals surface area contributed by atoms with E-state index in [-0.39, 0.29) is 13.3 Å². The van der Waals surface area contributed by atoms with Crippen LogP contribution >= 0.6 is 0 Å². The molecule has 0 saturated heterocycles. The zero-order valence-electron chi connectivity index (χ0n) is 11.8. The first-order valence-electron chi connectivity index (χ1n) is 7.18. The molecule has 0 amide bonds. The number of hydrogen-bond donors (Lipinski definition) is 1. The van der Waals surface area contributed by atoms with Gasteiger partial charge < -0.3 is 14.0 Å². The average molecular weight is 281 g/mol. The van der Waals surface area contributed by atoms with Crippen molar-refractivity contribution in [2.24, 2.45) is 0 Å². The molecular weight excluding hydrogens is 265 g/mol. The smallest absolute Gasteiger partial charge is 0.492 e. The van der Waals surface area contributed by atoms with E-state index in [4.69, 9.17) is 14.0 Å². The Labute approximate surface area is 124 Å². The van der Waals surface area contributed by atoms with Crippen molar-refractivity contribution in [3.63, 3.8) is 0 Å². The summed E-state index contributed by atoms with van der Waals surface area (Å²) >= 11 is 0. The fourth-order valence-electron chi connectivity index (χ4n) is 3.04. The highest BCUT2D eigenvalue weighted by atomic mass is 16.6. The fraction of sp³-hybridized carbons (Fsp3) is 0.250. The topological polar surface area (TPSA) is 39.7 Å². The minimum atomic E-state index is -0.349. The number of ether oxygens (including phenoxy) is 1. The highest BCUT2D eigenvalue weighted by Crippen LogP contribution is 2.36. The van der Waals surface area contributed by atoms with E-state index in [1.165, 1.54) is 5.56 Å². The van der Waals surface area contributed by atoms with Gasteiger partial charge in [0, 0.05) is 11.0 Å². The van der Waals surface area contributed by atoms with Gasteiger partial charge in [0.05, 0.1) is 6.61 Å². The van der Waals surface area contributed by atoms with Crippen LogP contribution in [0.15, 0.2) is 42.5 Å². The van der Waals surface area contributed by atoms with Gasteiger partial charge in [-0.25, -0.2) is 0 Å². The van der Waals surface area contributed by atoms with Crippen molar-refractivity contribution in [3.8, 4) is 16.9 Å². The molecule has 2 aliphatic rings. The van der Waals surface area contributed by atoms with E-state index in [9.17, 15) is 0 Å². The molecular formula is C16H16BNO3. The van der Waals surface area contributed by atoms with Gasteiger partial charge in [-0.3, -0.25) is 5.32 Å². The van der Waals surface area contributed by atoms with E-state index in [2.05, 4.69) is 23.5 Å². The molecule has 0 bridgehead atoms. The molecule has 106 valence electrons. The Morgan fingerprint density at radius 2 is 1.95 bits per heavy atom. The van der Waals surface area contributed by atoms with Crippen molar-refractivity contribution in [1.29, 1.82) is 0 Å². The second kappa shape index (κ2) is 5.18. The van der Waals surface area contributed by atoms with Crippen LogP contribution in [0.2, 0.25) is 0 Å². The van der Waals surface area contributed by atoms with Crippen molar-refractivity contribution in [2.75, 3.05) is 20.3 Å². The number of benzene rings is 2. The van der Waals surface area contributed by atoms with Gasteiger partial charge in [0.15, 0.2) is 0 Å². The summed E-state index contributed by atoms with van der Waals surface area (Å²) in [5.74, 6) is 0.866. The predicted molar refractivity (Wildman–Crippen MR) is 81.6 cm³/mol. The molecule has 0 radical (unpaired) electrons. The minimum Gasteiger partial charge on any atom is -0.492 e. The largest absolute Gasteiger partial charge is 0.499 e. The molecule has 5 heteroatoms. The second-order valence-corrected chi connectivity index (χ2v) is 5.16. The quantitative estimate of drug-likeness (QED) is 0.851. The Morgan fingerprint density at radius 3 is 2.76 bits per heavy atom. The lowest BCUT2D eigenvalue weighted by Crippen LogP contribution is -2.31. The SMILES string of the molecule is CN[C@H]1OB2OCCOc3ccc(-c4ccccc4)c1c32. The molecule has 2 aromatic rings. The molecule has 0 unspecified atom stereocenters. The van der Waals surface area contributed by atoms with Crippen molar-refractivity contribution < 1.29 is 14.0 Å². The molecule has 0 fully saturated rings. The third kappa shape index (κ3) is 2.05. The number of nitrogens with one attached hydrogen (secondary N) is 1. The summed E-state index contributed by atoms with van der Waals surface area (Å²) < 4.78 is 17.5. The summed E-state index contributed by atoms with van der Waals surface area (Å²) in [7, 11) is 1.55. The van der Waals surface area contributed by atoms with Crippen molar-refractivity contribution >= 4 is 12.6 Å². The maximum atomic E-state index is 5.99. The molecule has 0 aromatic heterocycles. The standard InChI is InChI=1S/C16H16BNO3/c1-18-16-14-12(11-5-3-2-4-6-11)7-8-13-15(14)17(21-16)20-10-9-19-13/h2-8,16,18H,9-10H2,1H3/t16-/m0/s1. The Morgan fingerprint density at radius 1 is 1.10 bits per heavy atom. The molecule has 0 saturated carbocycles. The van der Waals surface area contributed by atoms with Crippen LogP contribution in [-0.2, 0) is 9.31 Å². The maximum absolute atomic E-state index is 5.99. The monoisotopic (exact) mass is 281 g/mol. The van der Waals surface area contributed by atoms with Crippen LogP contribution in [0, 0.1) is 0 Å². The van der Waals surface area contributed by atoms with Crippen molar-refractivity contribution in [1.82, 2.24) is 5.32 Å². The normalized spacial score (nSPS) is 19.9. The van der Waals surface area contributed by atoms with Crippen LogP contribution < -0.4 is 15.5 Å². The van der Waals surface area contributed by atoms with E-state index in [1.54, 1.807) is 0 Å². The molecule has 2 heterocycles. The molecule has 1 N–H and O–H groups in total. The van der Waals surface area contributed by atoms with Crippen LogP contribution in [0.25, 0.3) is 11.1 Å². The summed E-state index contributed by atoms with van der Waals surface area (Å²) in [5.41, 5.74) is 4.47. The molecule has 0 spiro atoms. The molecule has 2 aromatic carbocycles. The second-order valence-electron chi connectivity index (χ2n) is 5.16. The fourth-order valence-corrected chi connectivity index (χ4v) is 3.04. The number of rotatable bonds is 2. The van der Waals surface area contributed by atoms with E-state index < -0.39 is 0 Å². The predicted octanol–water partition coefficient (Wildman–Crippen LogP) is 1.71. The van der Waals surface area contributed by atoms with Crippen LogP contribution in [0.1, 0.15) is 11.8 Å². The molecule has 2 aliphatic heterocycles. The molecule has 0 aliphatic carbocycles. The third-order valence-corrected chi connectivity index (χ3v) is 3.96. The van der Waals surface area contributed by atoms with E-state index >= 15 is 0 Å². The molecule has 4 nitrogen and oxygen atoms in total. The summed E-state index contributed by atoms with van der Waals surface area (Å²) in [6.45, 7) is 1.09. The van der Waals surface area contributed by atoms with Crippen LogP contribution in [0.5, 0.6) is 5.75 Å². The highest BCUT2D eigenvalue weighted by Gasteiger charge is 2.42. The van der Waals surface area contributed by atoms with Crippen LogP contribution in [0.3, 0.4) is 0 Å². The Kier molecular flexibility index (Phi) is 3.18. The lowest BCUT2D eigenvalue weighted by atomic mass is 9.76. The van der Waals surface area contributed by atoms with Gasteiger partial charge in [-0.05, 0) is 24.2 Å². The minimum absolute atomic E-state index is 0.179. The van der Waals surface area contributed by atoms with Gasteiger partial charge in [0.2, 0.25) is 0 Å². The summed E-state index contributed by atoms with van der Waals surface area (Å²) in [4.78, 5) is 0. The van der Waals surface area contributed by atoms with Crippen molar-refractivity contribution in [2.45, 2.75) is 6.23 Å². The van der Waals surface area contributed by atoms with Crippen LogP contribution in [0.4, 0.5) is 0 Å². The van der Waals surface area contributed by atoms with Gasteiger partial charge in [-0.15, -0.1) is 0 Å². The number of hydrogen-bond acceptors (Lipinski definition) is 4. The maximum Gasteiger partial charge on any atom is 0.499 e. The molecule has 1 atom stereocenters. The Bertz CT molecular complexity index is 662. The lowest BCUT2D eigenvalue weighted by Gasteiger charge is -2.17. The summed E-state index contributed by atoms with van der Waals surface area (Å²) in [5, 5.41) is 3.21. The average Bonchev–Trinajstić information content (AvgIpc) is 2.78. The van der Waals surface area contributed by atoms with Gasteiger partial charge in [-0.2, -0.15) is 0 Å². The Balaban J connectivity index is 1.93. The zero-order chi connectivity index (χ0) is 14.2. The zero-order valence-corrected chi connectivity index (χ0v) is 11.8.